The van der Waals surface area contributed by atoms with Crippen molar-refractivity contribution in [2.24, 2.45) is 12.0 Å². The number of aromatic nitrogens is 2. The van der Waals surface area contributed by atoms with E-state index in [0.717, 1.165) is 11.1 Å². The first kappa shape index (κ1) is 20.2. The molecule has 0 saturated heterocycles. The van der Waals surface area contributed by atoms with Gasteiger partial charge in [-0.25, -0.2) is 12.8 Å². The molecule has 0 radical (unpaired) electrons. The van der Waals surface area contributed by atoms with E-state index >= 15 is 0 Å². The second-order valence-corrected chi connectivity index (χ2v) is 9.60. The fourth-order valence-electron chi connectivity index (χ4n) is 3.45. The molecule has 2 aromatic heterocycles. The fourth-order valence-corrected chi connectivity index (χ4v) is 4.32. The third-order valence-corrected chi connectivity index (χ3v) is 6.78. The summed E-state index contributed by atoms with van der Waals surface area (Å²) in [4.78, 5) is 21.4. The Labute approximate surface area is 173 Å². The lowest BCUT2D eigenvalue weighted by Gasteiger charge is -2.13. The van der Waals surface area contributed by atoms with E-state index in [1.807, 2.05) is 0 Å². The molecule has 1 aromatic carbocycles. The molecule has 30 heavy (non-hydrogen) atoms. The van der Waals surface area contributed by atoms with E-state index in [1.54, 1.807) is 38.4 Å². The molecule has 3 heterocycles. The molecule has 0 spiro atoms. The van der Waals surface area contributed by atoms with Gasteiger partial charge < -0.3 is 4.57 Å². The maximum atomic E-state index is 13.4. The second-order valence-electron chi connectivity index (χ2n) is 7.25. The number of sulfone groups is 1. The van der Waals surface area contributed by atoms with Crippen molar-refractivity contribution in [3.63, 3.8) is 0 Å². The fraction of sp³-hybridized carbons (Fsp3) is 0.227. The molecule has 3 aromatic rings. The number of benzene rings is 1. The van der Waals surface area contributed by atoms with Gasteiger partial charge in [0.25, 0.3) is 5.56 Å². The van der Waals surface area contributed by atoms with Crippen molar-refractivity contribution in [2.75, 3.05) is 5.75 Å². The van der Waals surface area contributed by atoms with Gasteiger partial charge in [-0.1, -0.05) is 6.92 Å². The van der Waals surface area contributed by atoms with Crippen molar-refractivity contribution in [1.82, 2.24) is 9.55 Å². The minimum absolute atomic E-state index is 0.0391. The Morgan fingerprint density at radius 2 is 1.87 bits per heavy atom. The molecule has 0 bridgehead atoms. The van der Waals surface area contributed by atoms with E-state index in [2.05, 4.69) is 9.98 Å². The Hall–Kier alpha value is -3.13. The van der Waals surface area contributed by atoms with Crippen LogP contribution in [-0.2, 0) is 29.2 Å². The van der Waals surface area contributed by atoms with Crippen molar-refractivity contribution >= 4 is 15.5 Å². The van der Waals surface area contributed by atoms with E-state index in [1.165, 1.54) is 29.0 Å². The molecule has 1 aliphatic heterocycles. The Bertz CT molecular complexity index is 1330. The van der Waals surface area contributed by atoms with Crippen LogP contribution in [0.15, 0.2) is 58.6 Å². The van der Waals surface area contributed by atoms with Crippen molar-refractivity contribution in [1.29, 1.82) is 0 Å². The first-order valence-electron chi connectivity index (χ1n) is 9.47. The molecular formula is C22H20FN3O3S. The van der Waals surface area contributed by atoms with Gasteiger partial charge in [0.2, 0.25) is 0 Å². The van der Waals surface area contributed by atoms with Crippen LogP contribution < -0.4 is 5.56 Å². The van der Waals surface area contributed by atoms with Crippen molar-refractivity contribution < 1.29 is 12.8 Å². The molecule has 8 heteroatoms. The zero-order valence-electron chi connectivity index (χ0n) is 16.6. The maximum absolute atomic E-state index is 13.4. The van der Waals surface area contributed by atoms with Gasteiger partial charge in [-0.2, -0.15) is 0 Å². The summed E-state index contributed by atoms with van der Waals surface area (Å²) in [7, 11) is -1.58. The first-order valence-corrected chi connectivity index (χ1v) is 11.3. The number of nitrogens with zero attached hydrogens (tertiary/aromatic N) is 3. The lowest BCUT2D eigenvalue weighted by atomic mass is 9.96. The molecule has 0 atom stereocenters. The van der Waals surface area contributed by atoms with E-state index in [4.69, 9.17) is 0 Å². The van der Waals surface area contributed by atoms with Crippen LogP contribution in [0.3, 0.4) is 0 Å². The van der Waals surface area contributed by atoms with E-state index < -0.39 is 9.84 Å². The highest BCUT2D eigenvalue weighted by Gasteiger charge is 2.23. The number of aryl methyl sites for hydroxylation is 1. The molecule has 0 N–H and O–H groups in total. The Morgan fingerprint density at radius 1 is 1.13 bits per heavy atom. The van der Waals surface area contributed by atoms with Crippen molar-refractivity contribution in [3.8, 4) is 11.1 Å². The summed E-state index contributed by atoms with van der Waals surface area (Å²) in [6, 6.07) is 9.30. The van der Waals surface area contributed by atoms with Crippen molar-refractivity contribution in [2.45, 2.75) is 19.2 Å². The second kappa shape index (κ2) is 7.60. The monoisotopic (exact) mass is 425 g/mol. The lowest BCUT2D eigenvalue weighted by molar-refractivity contribution is 0.596. The largest absolute Gasteiger partial charge is 0.318 e. The number of fused-ring (bicyclic) bond motifs is 3. The maximum Gasteiger partial charge on any atom is 0.250 e. The van der Waals surface area contributed by atoms with Crippen LogP contribution in [-0.4, -0.2) is 29.4 Å². The minimum Gasteiger partial charge on any atom is -0.318 e. The summed E-state index contributed by atoms with van der Waals surface area (Å²) in [5.74, 6) is -0.432. The zero-order valence-corrected chi connectivity index (χ0v) is 17.4. The molecule has 154 valence electrons. The number of aliphatic imine (C=N–C) groups is 1. The van der Waals surface area contributed by atoms with Gasteiger partial charge in [-0.05, 0) is 41.5 Å². The van der Waals surface area contributed by atoms with Crippen LogP contribution in [0.2, 0.25) is 0 Å². The van der Waals surface area contributed by atoms with Gasteiger partial charge in [0.1, 0.15) is 5.82 Å². The van der Waals surface area contributed by atoms with Gasteiger partial charge in [-0.15, -0.1) is 0 Å². The van der Waals surface area contributed by atoms with E-state index in [-0.39, 0.29) is 29.4 Å². The molecular weight excluding hydrogens is 405 g/mol. The highest BCUT2D eigenvalue weighted by atomic mass is 32.2. The molecule has 6 nitrogen and oxygen atoms in total. The van der Waals surface area contributed by atoms with Crippen LogP contribution in [0.4, 0.5) is 4.39 Å². The molecule has 4 rings (SSSR count). The smallest absolute Gasteiger partial charge is 0.250 e. The number of halogens is 1. The summed E-state index contributed by atoms with van der Waals surface area (Å²) < 4.78 is 39.2. The molecule has 0 unspecified atom stereocenters. The van der Waals surface area contributed by atoms with Gasteiger partial charge >= 0.3 is 0 Å². The van der Waals surface area contributed by atoms with Crippen LogP contribution in [0, 0.1) is 5.82 Å². The predicted molar refractivity (Wildman–Crippen MR) is 114 cm³/mol. The molecule has 1 aliphatic rings. The van der Waals surface area contributed by atoms with Gasteiger partial charge in [0, 0.05) is 48.0 Å². The van der Waals surface area contributed by atoms with Crippen LogP contribution in [0.25, 0.3) is 11.1 Å². The summed E-state index contributed by atoms with van der Waals surface area (Å²) in [6.07, 6.45) is 3.26. The SMILES string of the molecule is CCS(=O)(=O)Cc1cnc2c(c1)-c1cn(C)c(=O)cc1CN=C2c1ccc(F)cc1. The molecule has 0 aliphatic carbocycles. The number of pyridine rings is 2. The summed E-state index contributed by atoms with van der Waals surface area (Å²) >= 11 is 0. The topological polar surface area (TPSA) is 81.4 Å². The van der Waals surface area contributed by atoms with E-state index in [9.17, 15) is 17.6 Å². The summed E-state index contributed by atoms with van der Waals surface area (Å²) in [5.41, 5.74) is 4.44. The van der Waals surface area contributed by atoms with E-state index in [0.29, 0.717) is 28.1 Å². The average molecular weight is 425 g/mol. The first-order chi connectivity index (χ1) is 14.3. The number of hydrogen-bond donors (Lipinski definition) is 0. The molecule has 0 saturated carbocycles. The molecule has 0 fully saturated rings. The predicted octanol–water partition coefficient (Wildman–Crippen LogP) is 2.87. The quantitative estimate of drug-likeness (QED) is 0.644. The van der Waals surface area contributed by atoms with Crippen LogP contribution in [0.1, 0.15) is 29.3 Å². The summed E-state index contributed by atoms with van der Waals surface area (Å²) in [5, 5.41) is 0. The average Bonchev–Trinajstić information content (AvgIpc) is 2.86. The summed E-state index contributed by atoms with van der Waals surface area (Å²) in [6.45, 7) is 1.87. The minimum atomic E-state index is -3.24. The van der Waals surface area contributed by atoms with Gasteiger partial charge in [0.05, 0.1) is 23.7 Å². The Balaban J connectivity index is 1.95. The third-order valence-electron chi connectivity index (χ3n) is 5.12. The highest BCUT2D eigenvalue weighted by molar-refractivity contribution is 7.90. The number of rotatable bonds is 4. The normalized spacial score (nSPS) is 13.2. The van der Waals surface area contributed by atoms with Gasteiger partial charge in [0.15, 0.2) is 9.84 Å². The van der Waals surface area contributed by atoms with Crippen LogP contribution in [0.5, 0.6) is 0 Å². The zero-order chi connectivity index (χ0) is 21.5. The lowest BCUT2D eigenvalue weighted by Crippen LogP contribution is -2.16. The number of hydrogen-bond acceptors (Lipinski definition) is 5. The van der Waals surface area contributed by atoms with Crippen molar-refractivity contribution in [3.05, 3.63) is 87.3 Å². The standard InChI is InChI=1S/C22H20FN3O3S/c1-3-30(28,29)13-14-8-18-19-12-26(2)20(27)9-16(19)11-25-21(22(18)24-10-14)15-4-6-17(23)7-5-15/h4-10,12H,3,11,13H2,1-2H3. The Morgan fingerprint density at radius 3 is 2.57 bits per heavy atom. The Kier molecular flexibility index (Phi) is 5.11. The molecule has 0 amide bonds. The van der Waals surface area contributed by atoms with Gasteiger partial charge in [-0.3, -0.25) is 14.8 Å². The third kappa shape index (κ3) is 3.82. The van der Waals surface area contributed by atoms with Crippen LogP contribution >= 0.6 is 0 Å². The highest BCUT2D eigenvalue weighted by Crippen LogP contribution is 2.32.